The number of rotatable bonds is 8. The van der Waals surface area contributed by atoms with Gasteiger partial charge in [0.2, 0.25) is 10.0 Å². The fourth-order valence-electron chi connectivity index (χ4n) is 5.85. The molecular weight excluding hydrogens is 416 g/mol. The first-order valence-corrected chi connectivity index (χ1v) is 12.5. The van der Waals surface area contributed by atoms with Crippen molar-refractivity contribution in [2.75, 3.05) is 13.2 Å². The fourth-order valence-corrected chi connectivity index (χ4v) is 6.60. The lowest BCUT2D eigenvalue weighted by Crippen LogP contribution is -2.60. The van der Waals surface area contributed by atoms with Crippen LogP contribution in [-0.4, -0.2) is 39.0 Å². The second-order valence-electron chi connectivity index (χ2n) is 9.49. The lowest BCUT2D eigenvalue weighted by Gasteiger charge is -2.56. The van der Waals surface area contributed by atoms with Crippen LogP contribution >= 0.6 is 0 Å². The minimum atomic E-state index is -3.79. The van der Waals surface area contributed by atoms with Crippen molar-refractivity contribution in [3.8, 4) is 0 Å². The number of hydrogen-bond acceptors (Lipinski definition) is 5. The largest absolute Gasteiger partial charge is 0.455 e. The normalized spacial score (nSPS) is 29.3. The van der Waals surface area contributed by atoms with Gasteiger partial charge in [0.15, 0.2) is 6.61 Å². The summed E-state index contributed by atoms with van der Waals surface area (Å²) >= 11 is 0. The lowest BCUT2D eigenvalue weighted by molar-refractivity contribution is -0.149. The van der Waals surface area contributed by atoms with Crippen molar-refractivity contribution < 1.29 is 22.7 Å². The maximum atomic E-state index is 12.4. The van der Waals surface area contributed by atoms with E-state index in [-0.39, 0.29) is 18.1 Å². The Morgan fingerprint density at radius 1 is 1.06 bits per heavy atom. The van der Waals surface area contributed by atoms with Crippen LogP contribution < -0.4 is 10.0 Å². The average molecular weight is 447 g/mol. The summed E-state index contributed by atoms with van der Waals surface area (Å²) in [6.07, 6.45) is 8.35. The van der Waals surface area contributed by atoms with Crippen LogP contribution in [-0.2, 0) is 24.3 Å². The Bertz CT molecular complexity index is 933. The molecule has 4 bridgehead atoms. The Labute approximate surface area is 183 Å². The Hall–Kier alpha value is -2.19. The van der Waals surface area contributed by atoms with E-state index in [2.05, 4.69) is 10.0 Å². The van der Waals surface area contributed by atoms with Crippen molar-refractivity contribution in [1.29, 1.82) is 0 Å². The third-order valence-corrected chi connectivity index (χ3v) is 7.78. The average Bonchev–Trinajstić information content (AvgIpc) is 2.69. The van der Waals surface area contributed by atoms with Crippen LogP contribution in [0.2, 0.25) is 0 Å². The van der Waals surface area contributed by atoms with Gasteiger partial charge < -0.3 is 10.1 Å². The van der Waals surface area contributed by atoms with Crippen molar-refractivity contribution >= 4 is 28.0 Å². The molecule has 4 aliphatic carbocycles. The fraction of sp³-hybridized carbons (Fsp3) is 0.565. The lowest BCUT2D eigenvalue weighted by atomic mass is 9.53. The molecule has 168 valence electrons. The van der Waals surface area contributed by atoms with E-state index in [0.29, 0.717) is 17.8 Å². The number of sulfonamides is 1. The predicted molar refractivity (Wildman–Crippen MR) is 117 cm³/mol. The van der Waals surface area contributed by atoms with Gasteiger partial charge in [-0.05, 0) is 74.8 Å². The molecule has 0 saturated heterocycles. The van der Waals surface area contributed by atoms with E-state index < -0.39 is 22.5 Å². The summed E-state index contributed by atoms with van der Waals surface area (Å²) in [5, 5.41) is 4.13. The van der Waals surface area contributed by atoms with Gasteiger partial charge in [0.05, 0.1) is 0 Å². The van der Waals surface area contributed by atoms with Crippen molar-refractivity contribution in [3.63, 3.8) is 0 Å². The van der Waals surface area contributed by atoms with Crippen LogP contribution in [0, 0.1) is 24.7 Å². The van der Waals surface area contributed by atoms with Gasteiger partial charge in [-0.2, -0.15) is 0 Å². The van der Waals surface area contributed by atoms with Crippen molar-refractivity contribution in [2.24, 2.45) is 17.8 Å². The van der Waals surface area contributed by atoms with Crippen molar-refractivity contribution in [1.82, 2.24) is 10.0 Å². The summed E-state index contributed by atoms with van der Waals surface area (Å²) in [5.41, 5.74) is 1.67. The third kappa shape index (κ3) is 5.74. The number of carbonyl (C=O) groups is 2. The van der Waals surface area contributed by atoms with Gasteiger partial charge in [-0.15, -0.1) is 0 Å². The van der Waals surface area contributed by atoms with E-state index >= 15 is 0 Å². The zero-order valence-electron chi connectivity index (χ0n) is 17.8. The molecule has 0 radical (unpaired) electrons. The molecule has 1 aromatic carbocycles. The first kappa shape index (κ1) is 22.0. The molecule has 7 nitrogen and oxygen atoms in total. The second kappa shape index (κ2) is 8.74. The predicted octanol–water partition coefficient (Wildman–Crippen LogP) is 2.51. The van der Waals surface area contributed by atoms with Crippen molar-refractivity contribution in [3.05, 3.63) is 40.8 Å². The number of nitrogens with one attached hydrogen (secondary N) is 2. The Morgan fingerprint density at radius 2 is 1.65 bits per heavy atom. The highest BCUT2D eigenvalue weighted by atomic mass is 32.2. The van der Waals surface area contributed by atoms with Crippen LogP contribution in [0.5, 0.6) is 0 Å². The van der Waals surface area contributed by atoms with E-state index in [9.17, 15) is 18.0 Å². The number of benzene rings is 1. The quantitative estimate of drug-likeness (QED) is 0.598. The summed E-state index contributed by atoms with van der Waals surface area (Å²) < 4.78 is 31.2. The Kier molecular flexibility index (Phi) is 6.21. The Morgan fingerprint density at radius 3 is 2.23 bits per heavy atom. The molecular formula is C23H30N2O5S. The van der Waals surface area contributed by atoms with Crippen LogP contribution in [0.4, 0.5) is 0 Å². The number of amides is 1. The van der Waals surface area contributed by atoms with E-state index in [4.69, 9.17) is 4.74 Å². The molecule has 0 aliphatic heterocycles. The highest BCUT2D eigenvalue weighted by Crippen LogP contribution is 2.55. The molecule has 8 heteroatoms. The van der Waals surface area contributed by atoms with Gasteiger partial charge in [-0.3, -0.25) is 9.59 Å². The van der Waals surface area contributed by atoms with Gasteiger partial charge in [0.25, 0.3) is 5.91 Å². The van der Waals surface area contributed by atoms with E-state index in [0.717, 1.165) is 35.8 Å². The standard InChI is InChI=1S/C23H30N2O5S/c1-16-2-4-17(5-3-16)6-7-31(28,29)24-14-22(27)30-15-21(26)25-23-11-18-8-19(12-23)10-20(9-18)13-23/h2-7,18-20,24H,8-15H2,1H3,(H,25,26). The zero-order chi connectivity index (χ0) is 22.1. The summed E-state index contributed by atoms with van der Waals surface area (Å²) in [7, 11) is -3.79. The smallest absolute Gasteiger partial charge is 0.321 e. The zero-order valence-corrected chi connectivity index (χ0v) is 18.6. The summed E-state index contributed by atoms with van der Waals surface area (Å²) in [4.78, 5) is 24.3. The van der Waals surface area contributed by atoms with E-state index in [1.807, 2.05) is 19.1 Å². The van der Waals surface area contributed by atoms with E-state index in [1.165, 1.54) is 25.3 Å². The molecule has 2 N–H and O–H groups in total. The first-order chi connectivity index (χ1) is 14.7. The van der Waals surface area contributed by atoms with Crippen LogP contribution in [0.25, 0.3) is 6.08 Å². The molecule has 1 aromatic rings. The summed E-state index contributed by atoms with van der Waals surface area (Å²) in [6, 6.07) is 7.37. The van der Waals surface area contributed by atoms with Gasteiger partial charge >= 0.3 is 5.97 Å². The topological polar surface area (TPSA) is 102 Å². The van der Waals surface area contributed by atoms with Gasteiger partial charge in [0, 0.05) is 10.9 Å². The molecule has 0 aromatic heterocycles. The van der Waals surface area contributed by atoms with E-state index in [1.54, 1.807) is 12.1 Å². The molecule has 0 spiro atoms. The SMILES string of the molecule is Cc1ccc(C=CS(=O)(=O)NCC(=O)OCC(=O)NC23CC4CC(CC(C4)C2)C3)cc1. The Balaban J connectivity index is 1.20. The highest BCUT2D eigenvalue weighted by Gasteiger charge is 2.51. The number of aryl methyl sites for hydroxylation is 1. The van der Waals surface area contributed by atoms with Gasteiger partial charge in [-0.1, -0.05) is 29.8 Å². The second-order valence-corrected chi connectivity index (χ2v) is 11.1. The molecule has 0 unspecified atom stereocenters. The molecule has 31 heavy (non-hydrogen) atoms. The molecule has 4 saturated carbocycles. The molecule has 0 heterocycles. The number of carbonyl (C=O) groups excluding carboxylic acids is 2. The molecule has 4 fully saturated rings. The van der Waals surface area contributed by atoms with Gasteiger partial charge in [-0.25, -0.2) is 13.1 Å². The minimum Gasteiger partial charge on any atom is -0.455 e. The number of esters is 1. The summed E-state index contributed by atoms with van der Waals surface area (Å²) in [5.74, 6) is 1.02. The monoisotopic (exact) mass is 446 g/mol. The maximum absolute atomic E-state index is 12.4. The summed E-state index contributed by atoms with van der Waals surface area (Å²) in [6.45, 7) is 1.04. The maximum Gasteiger partial charge on any atom is 0.321 e. The van der Waals surface area contributed by atoms with Crippen molar-refractivity contribution in [2.45, 2.75) is 51.0 Å². The van der Waals surface area contributed by atoms with Crippen LogP contribution in [0.15, 0.2) is 29.7 Å². The van der Waals surface area contributed by atoms with Crippen LogP contribution in [0.3, 0.4) is 0 Å². The van der Waals surface area contributed by atoms with Crippen LogP contribution in [0.1, 0.15) is 49.7 Å². The van der Waals surface area contributed by atoms with Gasteiger partial charge in [0.1, 0.15) is 6.54 Å². The molecule has 1 amide bonds. The molecule has 0 atom stereocenters. The molecule has 5 rings (SSSR count). The number of ether oxygens (including phenoxy) is 1. The minimum absolute atomic E-state index is 0.138. The molecule has 4 aliphatic rings. The highest BCUT2D eigenvalue weighted by molar-refractivity contribution is 7.92. The third-order valence-electron chi connectivity index (χ3n) is 6.74. The first-order valence-electron chi connectivity index (χ1n) is 10.9. The number of hydrogen-bond donors (Lipinski definition) is 2.